The van der Waals surface area contributed by atoms with Gasteiger partial charge in [-0.2, -0.15) is 0 Å². The Labute approximate surface area is 311 Å². The summed E-state index contributed by atoms with van der Waals surface area (Å²) in [6.45, 7) is 11.0. The molecule has 1 aliphatic heterocycles. The number of carbonyl (C=O) groups excluding carboxylic acids is 2. The van der Waals surface area contributed by atoms with Crippen LogP contribution in [0, 0.1) is 6.92 Å². The third kappa shape index (κ3) is 13.6. The van der Waals surface area contributed by atoms with E-state index in [0.29, 0.717) is 69.9 Å². The van der Waals surface area contributed by atoms with Crippen LogP contribution in [0.3, 0.4) is 0 Å². The van der Waals surface area contributed by atoms with Crippen LogP contribution in [0.25, 0.3) is 11.3 Å². The zero-order valence-corrected chi connectivity index (χ0v) is 30.7. The summed E-state index contributed by atoms with van der Waals surface area (Å²) in [4.78, 5) is 43.3. The molecule has 0 spiro atoms. The average molecular weight is 726 g/mol. The summed E-state index contributed by atoms with van der Waals surface area (Å²) in [6, 6.07) is 19.1. The number of carbonyl (C=O) groups is 2. The number of rotatable bonds is 21. The first-order valence-corrected chi connectivity index (χ1v) is 18.1. The van der Waals surface area contributed by atoms with E-state index in [1.165, 1.54) is 0 Å². The molecule has 1 aliphatic rings. The van der Waals surface area contributed by atoms with Crippen LogP contribution in [0.4, 0.5) is 17.3 Å². The van der Waals surface area contributed by atoms with Crippen molar-refractivity contribution >= 4 is 29.1 Å². The number of likely N-dealkylation sites (N-methyl/N-ethyl adjacent to an activating group) is 1. The molecule has 3 heterocycles. The number of piperazine rings is 1. The molecule has 1 fully saturated rings. The van der Waals surface area contributed by atoms with Crippen molar-refractivity contribution in [1.29, 1.82) is 0 Å². The number of aromatic nitrogens is 3. The monoisotopic (exact) mass is 725 g/mol. The molecule has 0 radical (unpaired) electrons. The number of benzene rings is 2. The summed E-state index contributed by atoms with van der Waals surface area (Å²) in [7, 11) is 1.89. The van der Waals surface area contributed by atoms with Crippen LogP contribution in [0.2, 0.25) is 0 Å². The maximum atomic E-state index is 13.1. The van der Waals surface area contributed by atoms with Crippen LogP contribution in [0.15, 0.2) is 79.3 Å². The summed E-state index contributed by atoms with van der Waals surface area (Å²) in [5, 5.41) is 12.3. The Morgan fingerprint density at radius 3 is 2.25 bits per heavy atom. The quantitative estimate of drug-likeness (QED) is 0.0932. The highest BCUT2D eigenvalue weighted by Crippen LogP contribution is 2.25. The van der Waals surface area contributed by atoms with Gasteiger partial charge in [-0.05, 0) is 67.6 Å². The molecular formula is C39H51N9O5. The van der Waals surface area contributed by atoms with E-state index in [9.17, 15) is 9.59 Å². The van der Waals surface area contributed by atoms with Crippen molar-refractivity contribution in [3.05, 3.63) is 95.9 Å². The number of hydrogen-bond acceptors (Lipinski definition) is 12. The molecule has 4 N–H and O–H groups in total. The molecule has 0 atom stereocenters. The molecule has 1 saturated heterocycles. The lowest BCUT2D eigenvalue weighted by Gasteiger charge is -2.34. The zero-order valence-electron chi connectivity index (χ0n) is 30.7. The molecule has 53 heavy (non-hydrogen) atoms. The minimum atomic E-state index is -0.189. The first-order valence-electron chi connectivity index (χ1n) is 18.1. The van der Waals surface area contributed by atoms with Crippen molar-refractivity contribution in [3.63, 3.8) is 0 Å². The summed E-state index contributed by atoms with van der Waals surface area (Å²) in [5.41, 5.74) is 5.81. The number of amides is 2. The maximum absolute atomic E-state index is 13.1. The molecule has 4 aromatic rings. The minimum Gasteiger partial charge on any atom is -0.378 e. The molecule has 14 heteroatoms. The summed E-state index contributed by atoms with van der Waals surface area (Å²) < 4.78 is 16.4. The van der Waals surface area contributed by atoms with Gasteiger partial charge in [-0.1, -0.05) is 18.2 Å². The van der Waals surface area contributed by atoms with Crippen LogP contribution in [-0.2, 0) is 25.5 Å². The Morgan fingerprint density at radius 1 is 0.811 bits per heavy atom. The van der Waals surface area contributed by atoms with Gasteiger partial charge in [0.2, 0.25) is 11.9 Å². The zero-order chi connectivity index (χ0) is 37.1. The molecule has 0 aliphatic carbocycles. The van der Waals surface area contributed by atoms with Gasteiger partial charge in [-0.15, -0.1) is 0 Å². The molecule has 0 saturated carbocycles. The lowest BCUT2D eigenvalue weighted by molar-refractivity contribution is -0.123. The number of ether oxygens (including phenoxy) is 3. The van der Waals surface area contributed by atoms with Crippen molar-refractivity contribution in [3.8, 4) is 11.3 Å². The van der Waals surface area contributed by atoms with E-state index < -0.39 is 0 Å². The second-order valence-electron chi connectivity index (χ2n) is 12.7. The Balaban J connectivity index is 0.975. The maximum Gasteiger partial charge on any atom is 0.255 e. The van der Waals surface area contributed by atoms with Gasteiger partial charge in [0.25, 0.3) is 5.91 Å². The molecule has 2 aromatic carbocycles. The number of anilines is 3. The first kappa shape index (κ1) is 39.4. The van der Waals surface area contributed by atoms with Gasteiger partial charge in [-0.25, -0.2) is 9.97 Å². The smallest absolute Gasteiger partial charge is 0.255 e. The van der Waals surface area contributed by atoms with E-state index >= 15 is 0 Å². The molecule has 282 valence electrons. The molecule has 5 rings (SSSR count). The Bertz CT molecular complexity index is 1700. The van der Waals surface area contributed by atoms with E-state index in [1.54, 1.807) is 18.6 Å². The van der Waals surface area contributed by atoms with Crippen LogP contribution >= 0.6 is 0 Å². The highest BCUT2D eigenvalue weighted by molar-refractivity contribution is 6.04. The fourth-order valence-electron chi connectivity index (χ4n) is 5.62. The topological polar surface area (TPSA) is 155 Å². The Morgan fingerprint density at radius 2 is 1.53 bits per heavy atom. The second-order valence-corrected chi connectivity index (χ2v) is 12.7. The fraction of sp³-hybridized carbons (Fsp3) is 0.410. The van der Waals surface area contributed by atoms with Crippen LogP contribution in [0.1, 0.15) is 21.5 Å². The predicted molar refractivity (Wildman–Crippen MR) is 205 cm³/mol. The van der Waals surface area contributed by atoms with Crippen molar-refractivity contribution in [1.82, 2.24) is 35.4 Å². The highest BCUT2D eigenvalue weighted by Gasteiger charge is 2.19. The third-order valence-corrected chi connectivity index (χ3v) is 8.62. The van der Waals surface area contributed by atoms with Crippen LogP contribution in [0.5, 0.6) is 0 Å². The number of nitrogens with one attached hydrogen (secondary N) is 4. The van der Waals surface area contributed by atoms with Crippen molar-refractivity contribution < 1.29 is 23.8 Å². The molecule has 2 amide bonds. The van der Waals surface area contributed by atoms with E-state index in [-0.39, 0.29) is 11.8 Å². The van der Waals surface area contributed by atoms with Crippen molar-refractivity contribution in [2.75, 3.05) is 103 Å². The van der Waals surface area contributed by atoms with Crippen molar-refractivity contribution in [2.45, 2.75) is 13.5 Å². The average Bonchev–Trinajstić information content (AvgIpc) is 3.18. The lowest BCUT2D eigenvalue weighted by atomic mass is 10.1. The molecule has 0 bridgehead atoms. The predicted octanol–water partition coefficient (Wildman–Crippen LogP) is 3.35. The Kier molecular flexibility index (Phi) is 16.1. The summed E-state index contributed by atoms with van der Waals surface area (Å²) in [6.07, 6.45) is 5.19. The van der Waals surface area contributed by atoms with E-state index in [1.807, 2.05) is 74.6 Å². The van der Waals surface area contributed by atoms with Gasteiger partial charge in [0.05, 0.1) is 51.9 Å². The summed E-state index contributed by atoms with van der Waals surface area (Å²) >= 11 is 0. The fourth-order valence-corrected chi connectivity index (χ4v) is 5.62. The number of aryl methyl sites for hydroxylation is 1. The molecule has 0 unspecified atom stereocenters. The number of nitrogens with zero attached hydrogens (tertiary/aromatic N) is 5. The molecule has 2 aromatic heterocycles. The van der Waals surface area contributed by atoms with Crippen LogP contribution < -0.4 is 21.3 Å². The normalized spacial score (nSPS) is 13.5. The molecular weight excluding hydrogens is 674 g/mol. The van der Waals surface area contributed by atoms with Gasteiger partial charge in [0.15, 0.2) is 0 Å². The van der Waals surface area contributed by atoms with E-state index in [2.05, 4.69) is 46.0 Å². The van der Waals surface area contributed by atoms with Gasteiger partial charge in [0.1, 0.15) is 0 Å². The Hall–Kier alpha value is -4.83. The second kappa shape index (κ2) is 21.6. The number of hydrogen-bond donors (Lipinski definition) is 4. The van der Waals surface area contributed by atoms with Gasteiger partial charge < -0.3 is 35.5 Å². The SMILES string of the molecule is CNCCOCCOCCOCCNC(=O)CN1CCN(Cc2ccc(C(=O)Nc3ccc(C)c(Nc4nccc(-c5cccnc5)n4)c3)cc2)CC1. The number of pyridine rings is 1. The standard InChI is InChI=1S/C39H51N9O5/c1-30-5-10-34(26-36(30)46-39-43-13-11-35(45-39)33-4-3-12-41-27-33)44-38(50)32-8-6-31(7-9-32)28-47-16-18-48(19-17-47)29-37(49)42-15-21-52-23-25-53-24-22-51-20-14-40-2/h3-13,26-27,40H,14-25,28-29H2,1-2H3,(H,42,49)(H,44,50)(H,43,45,46). The van der Waals surface area contributed by atoms with Gasteiger partial charge >= 0.3 is 0 Å². The van der Waals surface area contributed by atoms with Gasteiger partial charge in [0, 0.05) is 86.9 Å². The van der Waals surface area contributed by atoms with Crippen LogP contribution in [-0.4, -0.2) is 129 Å². The van der Waals surface area contributed by atoms with E-state index in [0.717, 1.165) is 67.3 Å². The molecule has 14 nitrogen and oxygen atoms in total. The lowest BCUT2D eigenvalue weighted by Crippen LogP contribution is -2.49. The van der Waals surface area contributed by atoms with Crippen molar-refractivity contribution in [2.24, 2.45) is 0 Å². The highest BCUT2D eigenvalue weighted by atomic mass is 16.5. The summed E-state index contributed by atoms with van der Waals surface area (Å²) in [5.74, 6) is 0.268. The first-order chi connectivity index (χ1) is 26.0. The largest absolute Gasteiger partial charge is 0.378 e. The third-order valence-electron chi connectivity index (χ3n) is 8.62. The minimum absolute atomic E-state index is 0.00426. The van der Waals surface area contributed by atoms with E-state index in [4.69, 9.17) is 14.2 Å². The van der Waals surface area contributed by atoms with Gasteiger partial charge in [-0.3, -0.25) is 24.4 Å².